The third kappa shape index (κ3) is 3.06. The number of halogens is 1. The molecule has 2 rings (SSSR count). The summed E-state index contributed by atoms with van der Waals surface area (Å²) >= 11 is 5.82. The van der Waals surface area contributed by atoms with Gasteiger partial charge >= 0.3 is 0 Å². The molecule has 1 unspecified atom stereocenters. The molecular formula is C11H17ClN4. The molecule has 0 spiro atoms. The first kappa shape index (κ1) is 11.6. The molecule has 1 aromatic rings. The van der Waals surface area contributed by atoms with Gasteiger partial charge in [-0.2, -0.15) is 0 Å². The zero-order valence-corrected chi connectivity index (χ0v) is 10.2. The summed E-state index contributed by atoms with van der Waals surface area (Å²) < 4.78 is 0. The average Bonchev–Trinajstić information content (AvgIpc) is 2.29. The van der Waals surface area contributed by atoms with E-state index in [4.69, 9.17) is 11.6 Å². The summed E-state index contributed by atoms with van der Waals surface area (Å²) in [5, 5.41) is 3.90. The molecule has 0 saturated carbocycles. The number of anilines is 1. The molecule has 5 heteroatoms. The Labute approximate surface area is 101 Å². The topological polar surface area (TPSA) is 41.0 Å². The minimum absolute atomic E-state index is 0.472. The van der Waals surface area contributed by atoms with Crippen LogP contribution in [0.2, 0.25) is 5.15 Å². The number of nitrogens with one attached hydrogen (secondary N) is 1. The van der Waals surface area contributed by atoms with E-state index in [1.54, 1.807) is 6.07 Å². The maximum atomic E-state index is 5.82. The fourth-order valence-corrected chi connectivity index (χ4v) is 2.23. The zero-order chi connectivity index (χ0) is 11.4. The molecule has 0 radical (unpaired) electrons. The molecule has 1 N–H and O–H groups in total. The van der Waals surface area contributed by atoms with Crippen LogP contribution in [0, 0.1) is 0 Å². The van der Waals surface area contributed by atoms with Gasteiger partial charge in [-0.05, 0) is 25.9 Å². The second kappa shape index (κ2) is 5.46. The Morgan fingerprint density at radius 1 is 1.56 bits per heavy atom. The lowest BCUT2D eigenvalue weighted by molar-refractivity contribution is 0.226. The summed E-state index contributed by atoms with van der Waals surface area (Å²) in [5.74, 6) is 0.822. The molecule has 88 valence electrons. The van der Waals surface area contributed by atoms with Crippen molar-refractivity contribution in [1.82, 2.24) is 14.9 Å². The number of piperidine rings is 1. The Kier molecular flexibility index (Phi) is 3.96. The van der Waals surface area contributed by atoms with Crippen molar-refractivity contribution < 1.29 is 0 Å². The van der Waals surface area contributed by atoms with Crippen molar-refractivity contribution in [3.63, 3.8) is 0 Å². The standard InChI is InChI=1S/C11H17ClN4/c1-2-16-5-3-4-9(7-16)15-11-6-10(12)13-8-14-11/h6,8-9H,2-5,7H2,1H3,(H,13,14,15). The van der Waals surface area contributed by atoms with E-state index in [0.29, 0.717) is 11.2 Å². The van der Waals surface area contributed by atoms with E-state index in [1.165, 1.54) is 25.7 Å². The van der Waals surface area contributed by atoms with E-state index in [0.717, 1.165) is 18.9 Å². The number of likely N-dealkylation sites (tertiary alicyclic amines) is 1. The molecule has 1 aliphatic heterocycles. The molecule has 0 amide bonds. The third-order valence-electron chi connectivity index (χ3n) is 2.94. The van der Waals surface area contributed by atoms with Crippen LogP contribution in [0.1, 0.15) is 19.8 Å². The number of likely N-dealkylation sites (N-methyl/N-ethyl adjacent to an activating group) is 1. The maximum absolute atomic E-state index is 5.82. The van der Waals surface area contributed by atoms with Gasteiger partial charge in [-0.3, -0.25) is 0 Å². The fraction of sp³-hybridized carbons (Fsp3) is 0.636. The highest BCUT2D eigenvalue weighted by molar-refractivity contribution is 6.29. The van der Waals surface area contributed by atoms with Gasteiger partial charge < -0.3 is 10.2 Å². The molecular weight excluding hydrogens is 224 g/mol. The van der Waals surface area contributed by atoms with Crippen molar-refractivity contribution in [1.29, 1.82) is 0 Å². The summed E-state index contributed by atoms with van der Waals surface area (Å²) in [6, 6.07) is 2.24. The Morgan fingerprint density at radius 3 is 3.19 bits per heavy atom. The lowest BCUT2D eigenvalue weighted by Gasteiger charge is -2.32. The largest absolute Gasteiger partial charge is 0.366 e. The Hall–Kier alpha value is -0.870. The quantitative estimate of drug-likeness (QED) is 0.821. The van der Waals surface area contributed by atoms with E-state index in [2.05, 4.69) is 27.1 Å². The van der Waals surface area contributed by atoms with Crippen molar-refractivity contribution in [2.45, 2.75) is 25.8 Å². The van der Waals surface area contributed by atoms with Crippen LogP contribution in [-0.4, -0.2) is 40.5 Å². The van der Waals surface area contributed by atoms with Gasteiger partial charge in [0.15, 0.2) is 0 Å². The first-order valence-corrected chi connectivity index (χ1v) is 6.12. The molecule has 1 saturated heterocycles. The number of aromatic nitrogens is 2. The highest BCUT2D eigenvalue weighted by atomic mass is 35.5. The highest BCUT2D eigenvalue weighted by Crippen LogP contribution is 2.15. The zero-order valence-electron chi connectivity index (χ0n) is 9.49. The minimum atomic E-state index is 0.472. The van der Waals surface area contributed by atoms with Gasteiger partial charge in [-0.15, -0.1) is 0 Å². The number of hydrogen-bond acceptors (Lipinski definition) is 4. The van der Waals surface area contributed by atoms with Gasteiger partial charge in [-0.25, -0.2) is 9.97 Å². The molecule has 1 aromatic heterocycles. The molecule has 0 bridgehead atoms. The first-order chi connectivity index (χ1) is 7.78. The monoisotopic (exact) mass is 240 g/mol. The number of nitrogens with zero attached hydrogens (tertiary/aromatic N) is 3. The van der Waals surface area contributed by atoms with Gasteiger partial charge in [0.05, 0.1) is 0 Å². The predicted molar refractivity (Wildman–Crippen MR) is 65.8 cm³/mol. The Morgan fingerprint density at radius 2 is 2.44 bits per heavy atom. The molecule has 1 atom stereocenters. The maximum Gasteiger partial charge on any atom is 0.134 e. The second-order valence-corrected chi connectivity index (χ2v) is 4.49. The smallest absolute Gasteiger partial charge is 0.134 e. The molecule has 0 aliphatic carbocycles. The van der Waals surface area contributed by atoms with Crippen LogP contribution in [0.15, 0.2) is 12.4 Å². The van der Waals surface area contributed by atoms with Crippen LogP contribution in [0.4, 0.5) is 5.82 Å². The van der Waals surface area contributed by atoms with Crippen LogP contribution in [0.5, 0.6) is 0 Å². The summed E-state index contributed by atoms with van der Waals surface area (Å²) in [6.45, 7) is 5.60. The Balaban J connectivity index is 1.94. The van der Waals surface area contributed by atoms with Crippen molar-refractivity contribution in [2.24, 2.45) is 0 Å². The van der Waals surface area contributed by atoms with Crippen LogP contribution in [-0.2, 0) is 0 Å². The van der Waals surface area contributed by atoms with Crippen LogP contribution in [0.25, 0.3) is 0 Å². The van der Waals surface area contributed by atoms with E-state index in [9.17, 15) is 0 Å². The lowest BCUT2D eigenvalue weighted by atomic mass is 10.1. The normalized spacial score (nSPS) is 22.0. The second-order valence-electron chi connectivity index (χ2n) is 4.10. The van der Waals surface area contributed by atoms with Gasteiger partial charge in [-0.1, -0.05) is 18.5 Å². The summed E-state index contributed by atoms with van der Waals surface area (Å²) in [4.78, 5) is 10.5. The SMILES string of the molecule is CCN1CCCC(Nc2cc(Cl)ncn2)C1. The van der Waals surface area contributed by atoms with Gasteiger partial charge in [0.2, 0.25) is 0 Å². The van der Waals surface area contributed by atoms with Crippen molar-refractivity contribution >= 4 is 17.4 Å². The lowest BCUT2D eigenvalue weighted by Crippen LogP contribution is -2.41. The molecule has 4 nitrogen and oxygen atoms in total. The summed E-state index contributed by atoms with van der Waals surface area (Å²) in [5.41, 5.74) is 0. The van der Waals surface area contributed by atoms with E-state index in [-0.39, 0.29) is 0 Å². The highest BCUT2D eigenvalue weighted by Gasteiger charge is 2.18. The predicted octanol–water partition coefficient (Wildman–Crippen LogP) is 2.03. The van der Waals surface area contributed by atoms with E-state index >= 15 is 0 Å². The van der Waals surface area contributed by atoms with Gasteiger partial charge in [0, 0.05) is 18.7 Å². The third-order valence-corrected chi connectivity index (χ3v) is 3.15. The number of hydrogen-bond donors (Lipinski definition) is 1. The van der Waals surface area contributed by atoms with Gasteiger partial charge in [0.25, 0.3) is 0 Å². The van der Waals surface area contributed by atoms with Crippen molar-refractivity contribution in [2.75, 3.05) is 25.0 Å². The average molecular weight is 241 g/mol. The minimum Gasteiger partial charge on any atom is -0.366 e. The Bertz CT molecular complexity index is 345. The molecule has 1 aliphatic rings. The van der Waals surface area contributed by atoms with Crippen LogP contribution in [0.3, 0.4) is 0 Å². The van der Waals surface area contributed by atoms with Crippen LogP contribution < -0.4 is 5.32 Å². The first-order valence-electron chi connectivity index (χ1n) is 5.74. The fourth-order valence-electron chi connectivity index (χ4n) is 2.08. The summed E-state index contributed by atoms with van der Waals surface area (Å²) in [7, 11) is 0. The van der Waals surface area contributed by atoms with Crippen molar-refractivity contribution in [3.05, 3.63) is 17.5 Å². The summed E-state index contributed by atoms with van der Waals surface area (Å²) in [6.07, 6.45) is 3.92. The van der Waals surface area contributed by atoms with E-state index in [1.807, 2.05) is 0 Å². The molecule has 2 heterocycles. The molecule has 1 fully saturated rings. The van der Waals surface area contributed by atoms with E-state index < -0.39 is 0 Å². The molecule has 16 heavy (non-hydrogen) atoms. The van der Waals surface area contributed by atoms with Crippen LogP contribution >= 0.6 is 11.6 Å². The van der Waals surface area contributed by atoms with Gasteiger partial charge in [0.1, 0.15) is 17.3 Å². The molecule has 0 aromatic carbocycles. The van der Waals surface area contributed by atoms with Crippen molar-refractivity contribution in [3.8, 4) is 0 Å². The number of rotatable bonds is 3.